The summed E-state index contributed by atoms with van der Waals surface area (Å²) < 4.78 is 0. The lowest BCUT2D eigenvalue weighted by atomic mass is 10.1. The number of benzene rings is 2. The fraction of sp³-hybridized carbons (Fsp3) is 0.0625. The smallest absolute Gasteiger partial charge is 0.194 e. The van der Waals surface area contributed by atoms with Crippen molar-refractivity contribution in [2.75, 3.05) is 0 Å². The van der Waals surface area contributed by atoms with E-state index in [1.54, 1.807) is 0 Å². The third kappa shape index (κ3) is 2.83. The Morgan fingerprint density at radius 1 is 1.00 bits per heavy atom. The van der Waals surface area contributed by atoms with Crippen molar-refractivity contribution in [1.82, 2.24) is 0 Å². The van der Waals surface area contributed by atoms with Crippen molar-refractivity contribution in [2.45, 2.75) is 6.92 Å². The highest BCUT2D eigenvalue weighted by Gasteiger charge is 1.98. The summed E-state index contributed by atoms with van der Waals surface area (Å²) >= 11 is 0. The van der Waals surface area contributed by atoms with E-state index in [1.807, 2.05) is 67.6 Å². The lowest BCUT2D eigenvalue weighted by molar-refractivity contribution is 1.47. The summed E-state index contributed by atoms with van der Waals surface area (Å²) in [6.07, 6.45) is 4.03. The zero-order valence-electron chi connectivity index (χ0n) is 9.72. The van der Waals surface area contributed by atoms with Gasteiger partial charge in [0.15, 0.2) is 5.69 Å². The topological polar surface area (TPSA) is 4.36 Å². The van der Waals surface area contributed by atoms with E-state index < -0.39 is 0 Å². The van der Waals surface area contributed by atoms with Crippen molar-refractivity contribution >= 4 is 17.8 Å². The van der Waals surface area contributed by atoms with Crippen LogP contribution in [0.5, 0.6) is 0 Å². The number of nitrogens with zero attached hydrogens (tertiary/aromatic N) is 1. The van der Waals surface area contributed by atoms with Gasteiger partial charge in [-0.3, -0.25) is 0 Å². The second-order valence-corrected chi connectivity index (χ2v) is 3.92. The SMILES string of the molecule is [C-]#[N+]c1ccc(C)cc1C=Cc1ccccc1. The standard InChI is InChI=1S/C16H13N/c1-13-8-11-16(17-2)15(12-13)10-9-14-6-4-3-5-7-14/h3-12H,1H3. The van der Waals surface area contributed by atoms with Gasteiger partial charge < -0.3 is 0 Å². The first-order valence-corrected chi connectivity index (χ1v) is 5.51. The van der Waals surface area contributed by atoms with Crippen LogP contribution in [0.25, 0.3) is 17.0 Å². The van der Waals surface area contributed by atoms with Gasteiger partial charge in [-0.1, -0.05) is 66.2 Å². The molecule has 17 heavy (non-hydrogen) atoms. The van der Waals surface area contributed by atoms with E-state index in [9.17, 15) is 0 Å². The van der Waals surface area contributed by atoms with E-state index in [0.29, 0.717) is 5.69 Å². The third-order valence-corrected chi connectivity index (χ3v) is 2.56. The van der Waals surface area contributed by atoms with E-state index >= 15 is 0 Å². The highest BCUT2D eigenvalue weighted by atomic mass is 14.6. The van der Waals surface area contributed by atoms with Crippen molar-refractivity contribution in [3.05, 3.63) is 76.6 Å². The molecular formula is C16H13N. The Labute approximate surface area is 102 Å². The molecule has 1 heteroatoms. The van der Waals surface area contributed by atoms with Gasteiger partial charge >= 0.3 is 0 Å². The van der Waals surface area contributed by atoms with Crippen molar-refractivity contribution in [2.24, 2.45) is 0 Å². The molecule has 0 N–H and O–H groups in total. The van der Waals surface area contributed by atoms with Crippen molar-refractivity contribution in [3.63, 3.8) is 0 Å². The van der Waals surface area contributed by atoms with Crippen LogP contribution in [-0.4, -0.2) is 0 Å². The Hall–Kier alpha value is -2.33. The second kappa shape index (κ2) is 5.14. The van der Waals surface area contributed by atoms with Crippen LogP contribution >= 0.6 is 0 Å². The summed E-state index contributed by atoms with van der Waals surface area (Å²) in [5.74, 6) is 0. The molecule has 1 nitrogen and oxygen atoms in total. The normalized spacial score (nSPS) is 10.4. The summed E-state index contributed by atoms with van der Waals surface area (Å²) in [5.41, 5.74) is 3.99. The number of hydrogen-bond acceptors (Lipinski definition) is 0. The van der Waals surface area contributed by atoms with Crippen LogP contribution in [0.2, 0.25) is 0 Å². The fourth-order valence-corrected chi connectivity index (χ4v) is 1.66. The minimum Gasteiger partial charge on any atom is -0.238 e. The molecule has 0 radical (unpaired) electrons. The van der Waals surface area contributed by atoms with Crippen LogP contribution in [0, 0.1) is 13.5 Å². The van der Waals surface area contributed by atoms with Gasteiger partial charge in [0, 0.05) is 0 Å². The highest BCUT2D eigenvalue weighted by Crippen LogP contribution is 2.22. The minimum atomic E-state index is 0.697. The summed E-state index contributed by atoms with van der Waals surface area (Å²) in [6.45, 7) is 9.16. The van der Waals surface area contributed by atoms with Crippen LogP contribution in [0.15, 0.2) is 48.5 Å². The Balaban J connectivity index is 2.33. The molecule has 0 aliphatic rings. The van der Waals surface area contributed by atoms with E-state index in [4.69, 9.17) is 6.57 Å². The van der Waals surface area contributed by atoms with Gasteiger partial charge in [0.05, 0.1) is 6.57 Å². The van der Waals surface area contributed by atoms with Crippen LogP contribution in [0.1, 0.15) is 16.7 Å². The predicted octanol–water partition coefficient (Wildman–Crippen LogP) is 4.72. The molecular weight excluding hydrogens is 206 g/mol. The molecule has 82 valence electrons. The van der Waals surface area contributed by atoms with Gasteiger partial charge in [-0.25, -0.2) is 4.85 Å². The van der Waals surface area contributed by atoms with Gasteiger partial charge in [0.2, 0.25) is 0 Å². The molecule has 0 saturated carbocycles. The average Bonchev–Trinajstić information content (AvgIpc) is 2.38. The minimum absolute atomic E-state index is 0.697. The maximum atomic E-state index is 7.13. The molecule has 0 bridgehead atoms. The summed E-state index contributed by atoms with van der Waals surface area (Å²) in [4.78, 5) is 3.52. The lowest BCUT2D eigenvalue weighted by Crippen LogP contribution is -1.77. The number of rotatable bonds is 2. The van der Waals surface area contributed by atoms with Crippen LogP contribution in [0.3, 0.4) is 0 Å². The first-order chi connectivity index (χ1) is 8.29. The Morgan fingerprint density at radius 3 is 2.47 bits per heavy atom. The van der Waals surface area contributed by atoms with E-state index in [1.165, 1.54) is 5.56 Å². The number of aryl methyl sites for hydroxylation is 1. The number of hydrogen-bond donors (Lipinski definition) is 0. The van der Waals surface area contributed by atoms with E-state index in [0.717, 1.165) is 11.1 Å². The van der Waals surface area contributed by atoms with Crippen LogP contribution < -0.4 is 0 Å². The molecule has 2 rings (SSSR count). The fourth-order valence-electron chi connectivity index (χ4n) is 1.66. The first-order valence-electron chi connectivity index (χ1n) is 5.51. The monoisotopic (exact) mass is 219 g/mol. The molecule has 0 fully saturated rings. The van der Waals surface area contributed by atoms with Gasteiger partial charge in [-0.15, -0.1) is 0 Å². The van der Waals surface area contributed by atoms with Crippen LogP contribution in [-0.2, 0) is 0 Å². The molecule has 0 atom stereocenters. The van der Waals surface area contributed by atoms with Gasteiger partial charge in [-0.2, -0.15) is 0 Å². The maximum Gasteiger partial charge on any atom is 0.194 e. The summed E-state index contributed by atoms with van der Waals surface area (Å²) in [6, 6.07) is 16.0. The molecule has 0 amide bonds. The average molecular weight is 219 g/mol. The molecule has 0 aliphatic carbocycles. The largest absolute Gasteiger partial charge is 0.238 e. The van der Waals surface area contributed by atoms with Gasteiger partial charge in [0.25, 0.3) is 0 Å². The Morgan fingerprint density at radius 2 is 1.76 bits per heavy atom. The predicted molar refractivity (Wildman–Crippen MR) is 72.8 cm³/mol. The highest BCUT2D eigenvalue weighted by molar-refractivity contribution is 5.77. The van der Waals surface area contributed by atoms with Gasteiger partial charge in [0.1, 0.15) is 0 Å². The maximum absolute atomic E-state index is 7.13. The molecule has 0 heterocycles. The third-order valence-electron chi connectivity index (χ3n) is 2.56. The van der Waals surface area contributed by atoms with E-state index in [2.05, 4.69) is 4.85 Å². The molecule has 2 aromatic rings. The van der Waals surface area contributed by atoms with Crippen molar-refractivity contribution in [1.29, 1.82) is 0 Å². The quantitative estimate of drug-likeness (QED) is 0.508. The lowest BCUT2D eigenvalue weighted by Gasteiger charge is -2.00. The molecule has 0 saturated heterocycles. The molecule has 2 aromatic carbocycles. The Bertz CT molecular complexity index is 574. The van der Waals surface area contributed by atoms with Crippen LogP contribution in [0.4, 0.5) is 5.69 Å². The summed E-state index contributed by atoms with van der Waals surface area (Å²) in [5, 5.41) is 0. The van der Waals surface area contributed by atoms with Crippen molar-refractivity contribution < 1.29 is 0 Å². The molecule has 0 aliphatic heterocycles. The van der Waals surface area contributed by atoms with Gasteiger partial charge in [-0.05, 0) is 18.1 Å². The Kier molecular flexibility index (Phi) is 3.37. The van der Waals surface area contributed by atoms with Crippen molar-refractivity contribution in [3.8, 4) is 0 Å². The molecule has 0 spiro atoms. The molecule has 0 aromatic heterocycles. The second-order valence-electron chi connectivity index (χ2n) is 3.92. The zero-order chi connectivity index (χ0) is 12.1. The zero-order valence-corrected chi connectivity index (χ0v) is 9.72. The van der Waals surface area contributed by atoms with E-state index in [-0.39, 0.29) is 0 Å². The first kappa shape index (κ1) is 11.2. The molecule has 0 unspecified atom stereocenters. The summed E-state index contributed by atoms with van der Waals surface area (Å²) in [7, 11) is 0.